The number of aromatic nitrogens is 1. The first kappa shape index (κ1) is 17.8. The molecule has 2 N–H and O–H groups in total. The number of rotatable bonds is 7. The van der Waals surface area contributed by atoms with Crippen LogP contribution in [0.15, 0.2) is 60.8 Å². The van der Waals surface area contributed by atoms with Gasteiger partial charge in [-0.15, -0.1) is 0 Å². The number of anilines is 1. The van der Waals surface area contributed by atoms with Crippen molar-refractivity contribution in [2.45, 2.75) is 24.7 Å². The standard InChI is InChI=1S/C22H22ClN3O/c23-17-7-8-18-19(9-14-25-20(18)15-17)24-12-4-13-26-21(27)22(10-11-22)16-5-2-1-3-6-16/h1-3,5-9,14-15H,4,10-13H2,(H,24,25)(H,26,27). The number of amides is 1. The van der Waals surface area contributed by atoms with Crippen LogP contribution in [-0.2, 0) is 10.2 Å². The van der Waals surface area contributed by atoms with E-state index in [2.05, 4.69) is 27.8 Å². The summed E-state index contributed by atoms with van der Waals surface area (Å²) in [7, 11) is 0. The first-order chi connectivity index (χ1) is 13.2. The van der Waals surface area contributed by atoms with Gasteiger partial charge in [0.25, 0.3) is 0 Å². The smallest absolute Gasteiger partial charge is 0.230 e. The first-order valence-corrected chi connectivity index (χ1v) is 9.69. The van der Waals surface area contributed by atoms with Gasteiger partial charge < -0.3 is 10.6 Å². The summed E-state index contributed by atoms with van der Waals surface area (Å²) in [4.78, 5) is 17.0. The average molecular weight is 380 g/mol. The van der Waals surface area contributed by atoms with Crippen LogP contribution in [0.4, 0.5) is 5.69 Å². The van der Waals surface area contributed by atoms with Crippen LogP contribution in [0.1, 0.15) is 24.8 Å². The Morgan fingerprint density at radius 3 is 2.67 bits per heavy atom. The summed E-state index contributed by atoms with van der Waals surface area (Å²) < 4.78 is 0. The molecular formula is C22H22ClN3O. The number of benzene rings is 2. The molecule has 1 saturated carbocycles. The molecule has 3 aromatic rings. The molecule has 27 heavy (non-hydrogen) atoms. The molecule has 0 radical (unpaired) electrons. The zero-order chi connectivity index (χ0) is 18.7. The van der Waals surface area contributed by atoms with Crippen molar-refractivity contribution in [3.8, 4) is 0 Å². The van der Waals surface area contributed by atoms with Crippen LogP contribution in [0.3, 0.4) is 0 Å². The third kappa shape index (κ3) is 3.76. The molecule has 1 heterocycles. The lowest BCUT2D eigenvalue weighted by Gasteiger charge is -2.16. The molecule has 1 aliphatic carbocycles. The quantitative estimate of drug-likeness (QED) is 0.592. The van der Waals surface area contributed by atoms with Crippen molar-refractivity contribution >= 4 is 34.1 Å². The first-order valence-electron chi connectivity index (χ1n) is 9.31. The SMILES string of the molecule is O=C(NCCCNc1ccnc2cc(Cl)ccc12)C1(c2ccccc2)CC1. The van der Waals surface area contributed by atoms with Crippen molar-refractivity contribution in [2.75, 3.05) is 18.4 Å². The normalized spacial score (nSPS) is 14.7. The third-order valence-electron chi connectivity index (χ3n) is 5.17. The van der Waals surface area contributed by atoms with Gasteiger partial charge >= 0.3 is 0 Å². The van der Waals surface area contributed by atoms with Crippen LogP contribution in [0.2, 0.25) is 5.02 Å². The maximum atomic E-state index is 12.6. The molecule has 5 heteroatoms. The van der Waals surface area contributed by atoms with E-state index >= 15 is 0 Å². The second kappa shape index (κ2) is 7.57. The summed E-state index contributed by atoms with van der Waals surface area (Å²) in [6.07, 6.45) is 4.51. The molecule has 4 nitrogen and oxygen atoms in total. The van der Waals surface area contributed by atoms with Crippen LogP contribution in [0, 0.1) is 0 Å². The van der Waals surface area contributed by atoms with E-state index in [-0.39, 0.29) is 11.3 Å². The van der Waals surface area contributed by atoms with E-state index in [0.717, 1.165) is 48.0 Å². The number of nitrogens with one attached hydrogen (secondary N) is 2. The topological polar surface area (TPSA) is 54.0 Å². The number of halogens is 1. The van der Waals surface area contributed by atoms with Crippen molar-refractivity contribution in [2.24, 2.45) is 0 Å². The molecule has 0 spiro atoms. The van der Waals surface area contributed by atoms with Crippen LogP contribution < -0.4 is 10.6 Å². The molecule has 0 bridgehead atoms. The fourth-order valence-electron chi connectivity index (χ4n) is 3.49. The molecule has 0 saturated heterocycles. The van der Waals surface area contributed by atoms with Gasteiger partial charge in [-0.05, 0) is 49.1 Å². The number of nitrogens with zero attached hydrogens (tertiary/aromatic N) is 1. The summed E-state index contributed by atoms with van der Waals surface area (Å²) in [6, 6.07) is 17.8. The summed E-state index contributed by atoms with van der Waals surface area (Å²) in [5.41, 5.74) is 2.74. The Morgan fingerprint density at radius 2 is 1.89 bits per heavy atom. The minimum Gasteiger partial charge on any atom is -0.384 e. The Hall–Kier alpha value is -2.59. The second-order valence-corrected chi connectivity index (χ2v) is 7.44. The van der Waals surface area contributed by atoms with Gasteiger partial charge in [0.05, 0.1) is 10.9 Å². The van der Waals surface area contributed by atoms with Gasteiger partial charge in [0, 0.05) is 35.4 Å². The van der Waals surface area contributed by atoms with E-state index < -0.39 is 0 Å². The average Bonchev–Trinajstić information content (AvgIpc) is 3.50. The van der Waals surface area contributed by atoms with Crippen LogP contribution in [0.5, 0.6) is 0 Å². The Balaban J connectivity index is 1.28. The van der Waals surface area contributed by atoms with Crippen molar-refractivity contribution in [3.05, 3.63) is 71.4 Å². The molecule has 0 atom stereocenters. The lowest BCUT2D eigenvalue weighted by Crippen LogP contribution is -2.35. The van der Waals surface area contributed by atoms with Gasteiger partial charge in [-0.25, -0.2) is 0 Å². The van der Waals surface area contributed by atoms with Crippen molar-refractivity contribution in [1.29, 1.82) is 0 Å². The zero-order valence-corrected chi connectivity index (χ0v) is 15.8. The highest BCUT2D eigenvalue weighted by molar-refractivity contribution is 6.31. The maximum Gasteiger partial charge on any atom is 0.230 e. The molecule has 4 rings (SSSR count). The molecule has 1 amide bonds. The van der Waals surface area contributed by atoms with E-state index in [9.17, 15) is 4.79 Å². The van der Waals surface area contributed by atoms with Gasteiger partial charge in [0.1, 0.15) is 0 Å². The van der Waals surface area contributed by atoms with E-state index in [0.29, 0.717) is 11.6 Å². The molecule has 0 unspecified atom stereocenters. The Bertz CT molecular complexity index is 954. The predicted octanol–water partition coefficient (Wildman–Crippen LogP) is 4.54. The Morgan fingerprint density at radius 1 is 1.07 bits per heavy atom. The summed E-state index contributed by atoms with van der Waals surface area (Å²) in [5, 5.41) is 8.27. The molecule has 138 valence electrons. The monoisotopic (exact) mass is 379 g/mol. The molecule has 0 aliphatic heterocycles. The van der Waals surface area contributed by atoms with Crippen LogP contribution >= 0.6 is 11.6 Å². The number of hydrogen-bond acceptors (Lipinski definition) is 3. The summed E-state index contributed by atoms with van der Waals surface area (Å²) in [5.74, 6) is 0.151. The number of pyridine rings is 1. The van der Waals surface area contributed by atoms with E-state index in [1.165, 1.54) is 0 Å². The molecule has 1 aliphatic rings. The lowest BCUT2D eigenvalue weighted by atomic mass is 9.95. The maximum absolute atomic E-state index is 12.6. The van der Waals surface area contributed by atoms with E-state index in [4.69, 9.17) is 11.6 Å². The minimum atomic E-state index is -0.296. The summed E-state index contributed by atoms with van der Waals surface area (Å²) >= 11 is 6.03. The number of hydrogen-bond donors (Lipinski definition) is 2. The predicted molar refractivity (Wildman–Crippen MR) is 110 cm³/mol. The minimum absolute atomic E-state index is 0.151. The zero-order valence-electron chi connectivity index (χ0n) is 15.0. The Kier molecular flexibility index (Phi) is 4.99. The number of carbonyl (C=O) groups is 1. The number of fused-ring (bicyclic) bond motifs is 1. The highest BCUT2D eigenvalue weighted by Crippen LogP contribution is 2.48. The van der Waals surface area contributed by atoms with Crippen molar-refractivity contribution < 1.29 is 4.79 Å². The fourth-order valence-corrected chi connectivity index (χ4v) is 3.65. The third-order valence-corrected chi connectivity index (χ3v) is 5.41. The number of carbonyl (C=O) groups excluding carboxylic acids is 1. The van der Waals surface area contributed by atoms with Crippen LogP contribution in [-0.4, -0.2) is 24.0 Å². The lowest BCUT2D eigenvalue weighted by molar-refractivity contribution is -0.123. The van der Waals surface area contributed by atoms with Gasteiger partial charge in [-0.3, -0.25) is 9.78 Å². The van der Waals surface area contributed by atoms with Gasteiger partial charge in [0.15, 0.2) is 0 Å². The van der Waals surface area contributed by atoms with E-state index in [1.54, 1.807) is 6.20 Å². The molecular weight excluding hydrogens is 358 g/mol. The van der Waals surface area contributed by atoms with Crippen LogP contribution in [0.25, 0.3) is 10.9 Å². The Labute approximate surface area is 164 Å². The van der Waals surface area contributed by atoms with E-state index in [1.807, 2.05) is 42.5 Å². The molecule has 1 aromatic heterocycles. The second-order valence-electron chi connectivity index (χ2n) is 7.00. The molecule has 1 fully saturated rings. The highest BCUT2D eigenvalue weighted by Gasteiger charge is 2.50. The van der Waals surface area contributed by atoms with Gasteiger partial charge in [0.2, 0.25) is 5.91 Å². The largest absolute Gasteiger partial charge is 0.384 e. The highest BCUT2D eigenvalue weighted by atomic mass is 35.5. The van der Waals surface area contributed by atoms with Gasteiger partial charge in [-0.1, -0.05) is 41.9 Å². The fraction of sp³-hybridized carbons (Fsp3) is 0.273. The van der Waals surface area contributed by atoms with Crippen molar-refractivity contribution in [1.82, 2.24) is 10.3 Å². The van der Waals surface area contributed by atoms with Gasteiger partial charge in [-0.2, -0.15) is 0 Å². The summed E-state index contributed by atoms with van der Waals surface area (Å²) in [6.45, 7) is 1.44. The van der Waals surface area contributed by atoms with Crippen molar-refractivity contribution in [3.63, 3.8) is 0 Å². The molecule has 2 aromatic carbocycles.